The second-order valence-electron chi connectivity index (χ2n) is 5.27. The summed E-state index contributed by atoms with van der Waals surface area (Å²) in [7, 11) is -3.60. The van der Waals surface area contributed by atoms with Crippen molar-refractivity contribution in [1.29, 1.82) is 0 Å². The van der Waals surface area contributed by atoms with E-state index in [9.17, 15) is 17.2 Å². The van der Waals surface area contributed by atoms with Crippen LogP contribution in [0.4, 0.5) is 8.78 Å². The van der Waals surface area contributed by atoms with Gasteiger partial charge in [0.25, 0.3) is 6.43 Å². The maximum atomic E-state index is 12.7. The Kier molecular flexibility index (Phi) is 7.19. The molecular formula is C14H21ClF2N2O3S. The van der Waals surface area contributed by atoms with Gasteiger partial charge in [-0.25, -0.2) is 17.2 Å². The maximum absolute atomic E-state index is 12.7. The normalized spacial score (nSPS) is 22.7. The number of nitrogens with zero attached hydrogens (tertiary/aromatic N) is 1. The van der Waals surface area contributed by atoms with Gasteiger partial charge in [0.15, 0.2) is 0 Å². The Morgan fingerprint density at radius 3 is 2.48 bits per heavy atom. The SMILES string of the molecule is CC1NCCN(S(=O)(=O)c2ccc(OCC(F)F)cc2)C1C.Cl. The lowest BCUT2D eigenvalue weighted by Gasteiger charge is -2.37. The minimum Gasteiger partial charge on any atom is -0.488 e. The lowest BCUT2D eigenvalue weighted by Crippen LogP contribution is -2.57. The van der Waals surface area contributed by atoms with E-state index in [0.29, 0.717) is 13.1 Å². The monoisotopic (exact) mass is 370 g/mol. The van der Waals surface area contributed by atoms with Gasteiger partial charge in [0.1, 0.15) is 12.4 Å². The number of hydrogen-bond donors (Lipinski definition) is 1. The quantitative estimate of drug-likeness (QED) is 0.862. The van der Waals surface area contributed by atoms with Crippen LogP contribution < -0.4 is 10.1 Å². The van der Waals surface area contributed by atoms with Crippen molar-refractivity contribution in [3.05, 3.63) is 24.3 Å². The minimum atomic E-state index is -3.60. The van der Waals surface area contributed by atoms with Gasteiger partial charge in [-0.2, -0.15) is 4.31 Å². The number of benzene rings is 1. The second-order valence-corrected chi connectivity index (χ2v) is 7.16. The van der Waals surface area contributed by atoms with E-state index in [1.807, 2.05) is 13.8 Å². The Bertz CT molecular complexity index is 599. The van der Waals surface area contributed by atoms with Crippen LogP contribution in [0.25, 0.3) is 0 Å². The van der Waals surface area contributed by atoms with Gasteiger partial charge < -0.3 is 10.1 Å². The lowest BCUT2D eigenvalue weighted by atomic mass is 10.1. The van der Waals surface area contributed by atoms with Crippen molar-refractivity contribution >= 4 is 22.4 Å². The van der Waals surface area contributed by atoms with Gasteiger partial charge in [-0.1, -0.05) is 0 Å². The lowest BCUT2D eigenvalue weighted by molar-refractivity contribution is 0.0819. The molecule has 1 aliphatic heterocycles. The topological polar surface area (TPSA) is 58.6 Å². The van der Waals surface area contributed by atoms with E-state index in [1.54, 1.807) is 0 Å². The maximum Gasteiger partial charge on any atom is 0.272 e. The Balaban J connectivity index is 0.00000264. The molecular weight excluding hydrogens is 350 g/mol. The molecule has 9 heteroatoms. The third-order valence-corrected chi connectivity index (χ3v) is 5.78. The molecule has 0 saturated carbocycles. The Morgan fingerprint density at radius 2 is 1.91 bits per heavy atom. The summed E-state index contributed by atoms with van der Waals surface area (Å²) in [5.41, 5.74) is 0. The van der Waals surface area contributed by atoms with Gasteiger partial charge >= 0.3 is 0 Å². The smallest absolute Gasteiger partial charge is 0.272 e. The number of piperazine rings is 1. The molecule has 0 aromatic heterocycles. The van der Waals surface area contributed by atoms with Crippen LogP contribution in [0.5, 0.6) is 5.75 Å². The summed E-state index contributed by atoms with van der Waals surface area (Å²) < 4.78 is 55.8. The fraction of sp³-hybridized carbons (Fsp3) is 0.571. The summed E-state index contributed by atoms with van der Waals surface area (Å²) in [4.78, 5) is 0.137. The van der Waals surface area contributed by atoms with Crippen molar-refractivity contribution < 1.29 is 21.9 Å². The average Bonchev–Trinajstić information content (AvgIpc) is 2.48. The zero-order valence-corrected chi connectivity index (χ0v) is 14.5. The van der Waals surface area contributed by atoms with Crippen LogP contribution >= 0.6 is 12.4 Å². The summed E-state index contributed by atoms with van der Waals surface area (Å²) in [5, 5.41) is 3.22. The van der Waals surface area contributed by atoms with E-state index < -0.39 is 23.1 Å². The van der Waals surface area contributed by atoms with E-state index in [1.165, 1.54) is 28.6 Å². The standard InChI is InChI=1S/C14H20F2N2O3S.ClH/c1-10-11(2)18(8-7-17-10)22(19,20)13-5-3-12(4-6-13)21-9-14(15)16;/h3-6,10-11,14,17H,7-9H2,1-2H3;1H. The number of ether oxygens (including phenoxy) is 1. The molecule has 1 aromatic carbocycles. The molecule has 1 aromatic rings. The fourth-order valence-electron chi connectivity index (χ4n) is 2.37. The van der Waals surface area contributed by atoms with E-state index in [4.69, 9.17) is 4.74 Å². The molecule has 132 valence electrons. The molecule has 2 atom stereocenters. The molecule has 1 N–H and O–H groups in total. The van der Waals surface area contributed by atoms with E-state index in [2.05, 4.69) is 5.32 Å². The first-order valence-corrected chi connectivity index (χ1v) is 8.52. The van der Waals surface area contributed by atoms with Gasteiger partial charge in [-0.05, 0) is 38.1 Å². The summed E-state index contributed by atoms with van der Waals surface area (Å²) in [6, 6.07) is 5.47. The minimum absolute atomic E-state index is 0. The summed E-state index contributed by atoms with van der Waals surface area (Å²) >= 11 is 0. The highest BCUT2D eigenvalue weighted by atomic mass is 35.5. The molecule has 0 bridgehead atoms. The van der Waals surface area contributed by atoms with Crippen LogP contribution in [0.3, 0.4) is 0 Å². The first-order valence-electron chi connectivity index (χ1n) is 7.08. The summed E-state index contributed by atoms with van der Waals surface area (Å²) in [6.07, 6.45) is -2.56. The number of nitrogens with one attached hydrogen (secondary N) is 1. The Hall–Kier alpha value is -0.960. The van der Waals surface area contributed by atoms with Crippen LogP contribution in [0.15, 0.2) is 29.2 Å². The van der Waals surface area contributed by atoms with Crippen molar-refractivity contribution in [2.24, 2.45) is 0 Å². The van der Waals surface area contributed by atoms with Crippen LogP contribution in [0.2, 0.25) is 0 Å². The molecule has 5 nitrogen and oxygen atoms in total. The van der Waals surface area contributed by atoms with E-state index in [0.717, 1.165) is 0 Å². The van der Waals surface area contributed by atoms with Crippen molar-refractivity contribution in [3.8, 4) is 5.75 Å². The third kappa shape index (κ3) is 4.76. The first kappa shape index (κ1) is 20.1. The molecule has 1 fully saturated rings. The number of sulfonamides is 1. The van der Waals surface area contributed by atoms with Crippen LogP contribution in [0, 0.1) is 0 Å². The van der Waals surface area contributed by atoms with Crippen LogP contribution in [-0.4, -0.2) is 50.9 Å². The van der Waals surface area contributed by atoms with Gasteiger partial charge in [-0.15, -0.1) is 12.4 Å². The van der Waals surface area contributed by atoms with Crippen molar-refractivity contribution in [1.82, 2.24) is 9.62 Å². The number of rotatable bonds is 5. The first-order chi connectivity index (χ1) is 10.3. The van der Waals surface area contributed by atoms with Gasteiger partial charge in [0, 0.05) is 25.2 Å². The number of halogens is 3. The van der Waals surface area contributed by atoms with Crippen molar-refractivity contribution in [2.45, 2.75) is 37.3 Å². The molecule has 1 heterocycles. The highest BCUT2D eigenvalue weighted by Crippen LogP contribution is 2.23. The van der Waals surface area contributed by atoms with Gasteiger partial charge in [-0.3, -0.25) is 0 Å². The second kappa shape index (κ2) is 8.23. The predicted molar refractivity (Wildman–Crippen MR) is 86.0 cm³/mol. The number of alkyl halides is 2. The van der Waals surface area contributed by atoms with Crippen molar-refractivity contribution in [3.63, 3.8) is 0 Å². The molecule has 2 rings (SSSR count). The summed E-state index contributed by atoms with van der Waals surface area (Å²) in [5.74, 6) is 0.223. The molecule has 1 saturated heterocycles. The molecule has 0 radical (unpaired) electrons. The molecule has 23 heavy (non-hydrogen) atoms. The Labute approximate surface area is 141 Å². The fourth-order valence-corrected chi connectivity index (χ4v) is 4.07. The molecule has 0 spiro atoms. The number of hydrogen-bond acceptors (Lipinski definition) is 4. The highest BCUT2D eigenvalue weighted by Gasteiger charge is 2.34. The van der Waals surface area contributed by atoms with Crippen LogP contribution in [0.1, 0.15) is 13.8 Å². The van der Waals surface area contributed by atoms with Gasteiger partial charge in [0.2, 0.25) is 10.0 Å². The molecule has 2 unspecified atom stereocenters. The van der Waals surface area contributed by atoms with Gasteiger partial charge in [0.05, 0.1) is 4.90 Å². The Morgan fingerprint density at radius 1 is 1.30 bits per heavy atom. The predicted octanol–water partition coefficient (Wildman–Crippen LogP) is 2.12. The highest BCUT2D eigenvalue weighted by molar-refractivity contribution is 7.89. The zero-order valence-electron chi connectivity index (χ0n) is 12.9. The zero-order chi connectivity index (χ0) is 16.3. The van der Waals surface area contributed by atoms with Crippen LogP contribution in [-0.2, 0) is 10.0 Å². The van der Waals surface area contributed by atoms with E-state index >= 15 is 0 Å². The summed E-state index contributed by atoms with van der Waals surface area (Å²) in [6.45, 7) is 4.08. The van der Waals surface area contributed by atoms with E-state index in [-0.39, 0.29) is 35.1 Å². The largest absolute Gasteiger partial charge is 0.488 e. The average molecular weight is 371 g/mol. The third-order valence-electron chi connectivity index (χ3n) is 3.78. The molecule has 0 amide bonds. The molecule has 0 aliphatic carbocycles. The van der Waals surface area contributed by atoms with Crippen molar-refractivity contribution in [2.75, 3.05) is 19.7 Å². The molecule has 1 aliphatic rings.